The standard InChI is InChI=1S/C28H36N4O4/c1-20-18-31(19-21(2)36-20)28(34)32(16-6-4-3-5-7-27(33)30-35)25-11-8-22(9-12-25)23-10-13-26-24(17-23)14-15-29-26/h8-15,17,20-21,29,35H,3-7,16,18-19H2,1-2H3,(H,30,33). The first-order chi connectivity index (χ1) is 17.4. The Morgan fingerprint density at radius 1 is 1.00 bits per heavy atom. The third kappa shape index (κ3) is 6.44. The number of urea groups is 1. The van der Waals surface area contributed by atoms with Gasteiger partial charge >= 0.3 is 6.03 Å². The second-order valence-corrected chi connectivity index (χ2v) is 9.62. The SMILES string of the molecule is CC1CN(C(=O)N(CCCCCCC(=O)NO)c2ccc(-c3ccc4[nH]ccc4c3)cc2)CC(C)O1. The van der Waals surface area contributed by atoms with Crippen LogP contribution in [0.4, 0.5) is 10.5 Å². The van der Waals surface area contributed by atoms with Crippen LogP contribution in [0.15, 0.2) is 54.7 Å². The topological polar surface area (TPSA) is 97.9 Å². The lowest BCUT2D eigenvalue weighted by molar-refractivity contribution is -0.129. The number of aromatic nitrogens is 1. The van der Waals surface area contributed by atoms with Gasteiger partial charge in [0.15, 0.2) is 0 Å². The third-order valence-electron chi connectivity index (χ3n) is 6.65. The quantitative estimate of drug-likeness (QED) is 0.214. The highest BCUT2D eigenvalue weighted by Crippen LogP contribution is 2.27. The number of morpholine rings is 1. The molecule has 192 valence electrons. The molecule has 0 aliphatic carbocycles. The van der Waals surface area contributed by atoms with Crippen molar-refractivity contribution in [3.05, 3.63) is 54.7 Å². The molecule has 1 aliphatic rings. The fraction of sp³-hybridized carbons (Fsp3) is 0.429. The van der Waals surface area contributed by atoms with Crippen LogP contribution in [0.2, 0.25) is 0 Å². The van der Waals surface area contributed by atoms with Crippen LogP contribution in [0.5, 0.6) is 0 Å². The van der Waals surface area contributed by atoms with E-state index >= 15 is 0 Å². The second-order valence-electron chi connectivity index (χ2n) is 9.62. The summed E-state index contributed by atoms with van der Waals surface area (Å²) < 4.78 is 5.83. The number of hydrogen-bond acceptors (Lipinski definition) is 4. The average Bonchev–Trinajstić information content (AvgIpc) is 3.35. The van der Waals surface area contributed by atoms with Crippen molar-refractivity contribution in [1.29, 1.82) is 0 Å². The number of fused-ring (bicyclic) bond motifs is 1. The van der Waals surface area contributed by atoms with Gasteiger partial charge in [0, 0.05) is 43.5 Å². The minimum absolute atomic E-state index is 0.00171. The lowest BCUT2D eigenvalue weighted by Crippen LogP contribution is -2.53. The number of anilines is 1. The fourth-order valence-corrected chi connectivity index (χ4v) is 4.87. The summed E-state index contributed by atoms with van der Waals surface area (Å²) >= 11 is 0. The minimum atomic E-state index is -0.363. The van der Waals surface area contributed by atoms with E-state index in [2.05, 4.69) is 41.4 Å². The molecule has 2 atom stereocenters. The summed E-state index contributed by atoms with van der Waals surface area (Å²) in [4.78, 5) is 31.8. The Morgan fingerprint density at radius 3 is 2.42 bits per heavy atom. The normalized spacial score (nSPS) is 17.8. The van der Waals surface area contributed by atoms with Gasteiger partial charge in [0.25, 0.3) is 0 Å². The van der Waals surface area contributed by atoms with Crippen molar-refractivity contribution in [2.24, 2.45) is 0 Å². The molecule has 4 rings (SSSR count). The van der Waals surface area contributed by atoms with Crippen LogP contribution in [-0.4, -0.2) is 58.9 Å². The van der Waals surface area contributed by atoms with E-state index in [4.69, 9.17) is 9.94 Å². The van der Waals surface area contributed by atoms with Gasteiger partial charge in [0.05, 0.1) is 12.2 Å². The van der Waals surface area contributed by atoms with Crippen molar-refractivity contribution < 1.29 is 19.5 Å². The van der Waals surface area contributed by atoms with Gasteiger partial charge in [-0.3, -0.25) is 14.9 Å². The zero-order chi connectivity index (χ0) is 25.5. The van der Waals surface area contributed by atoms with Crippen LogP contribution in [-0.2, 0) is 9.53 Å². The number of benzene rings is 2. The van der Waals surface area contributed by atoms with Gasteiger partial charge in [0.1, 0.15) is 0 Å². The van der Waals surface area contributed by atoms with Crippen molar-refractivity contribution in [3.63, 3.8) is 0 Å². The molecule has 2 aromatic carbocycles. The number of nitrogens with one attached hydrogen (secondary N) is 2. The first-order valence-electron chi connectivity index (χ1n) is 12.8. The van der Waals surface area contributed by atoms with Crippen molar-refractivity contribution >= 4 is 28.5 Å². The van der Waals surface area contributed by atoms with E-state index in [0.717, 1.165) is 41.6 Å². The Balaban J connectivity index is 1.46. The Hall–Kier alpha value is -3.36. The summed E-state index contributed by atoms with van der Waals surface area (Å²) in [5.74, 6) is -0.363. The number of carbonyl (C=O) groups is 2. The zero-order valence-corrected chi connectivity index (χ0v) is 21.1. The number of H-pyrrole nitrogens is 1. The smallest absolute Gasteiger partial charge is 0.324 e. The summed E-state index contributed by atoms with van der Waals surface area (Å²) in [6.07, 6.45) is 5.54. The Bertz CT molecular complexity index is 1150. The summed E-state index contributed by atoms with van der Waals surface area (Å²) in [5.41, 5.74) is 5.89. The van der Waals surface area contributed by atoms with Crippen molar-refractivity contribution in [3.8, 4) is 11.1 Å². The Kier molecular flexibility index (Phi) is 8.61. The Morgan fingerprint density at radius 2 is 1.69 bits per heavy atom. The molecule has 1 fully saturated rings. The molecule has 0 bridgehead atoms. The van der Waals surface area contributed by atoms with E-state index in [-0.39, 0.29) is 24.1 Å². The number of unbranched alkanes of at least 4 members (excludes halogenated alkanes) is 3. The highest BCUT2D eigenvalue weighted by Gasteiger charge is 2.29. The second kappa shape index (κ2) is 12.1. The number of carbonyl (C=O) groups excluding carboxylic acids is 2. The van der Waals surface area contributed by atoms with Crippen molar-refractivity contribution in [2.75, 3.05) is 24.5 Å². The van der Waals surface area contributed by atoms with Crippen LogP contribution in [0.1, 0.15) is 46.0 Å². The largest absolute Gasteiger partial charge is 0.372 e. The van der Waals surface area contributed by atoms with Crippen LogP contribution in [0.3, 0.4) is 0 Å². The van der Waals surface area contributed by atoms with Crippen LogP contribution >= 0.6 is 0 Å². The molecule has 3 amide bonds. The van der Waals surface area contributed by atoms with Gasteiger partial charge in [-0.05, 0) is 73.5 Å². The molecule has 2 unspecified atom stereocenters. The number of hydrogen-bond donors (Lipinski definition) is 3. The Labute approximate surface area is 212 Å². The van der Waals surface area contributed by atoms with Crippen LogP contribution < -0.4 is 10.4 Å². The molecule has 3 N–H and O–H groups in total. The van der Waals surface area contributed by atoms with E-state index < -0.39 is 0 Å². The minimum Gasteiger partial charge on any atom is -0.372 e. The molecule has 1 saturated heterocycles. The maximum Gasteiger partial charge on any atom is 0.324 e. The van der Waals surface area contributed by atoms with Gasteiger partial charge in [-0.15, -0.1) is 0 Å². The molecule has 0 saturated carbocycles. The molecule has 0 spiro atoms. The van der Waals surface area contributed by atoms with E-state index in [1.807, 2.05) is 42.0 Å². The van der Waals surface area contributed by atoms with E-state index in [1.165, 1.54) is 5.39 Å². The molecule has 2 heterocycles. The first kappa shape index (κ1) is 25.7. The van der Waals surface area contributed by atoms with Crippen molar-refractivity contribution in [1.82, 2.24) is 15.4 Å². The fourth-order valence-electron chi connectivity index (χ4n) is 4.87. The van der Waals surface area contributed by atoms with Gasteiger partial charge in [-0.2, -0.15) is 0 Å². The summed E-state index contributed by atoms with van der Waals surface area (Å²) in [6, 6.07) is 16.6. The van der Waals surface area contributed by atoms with E-state index in [0.29, 0.717) is 32.5 Å². The number of aromatic amines is 1. The lowest BCUT2D eigenvalue weighted by atomic mass is 10.0. The summed E-state index contributed by atoms with van der Waals surface area (Å²) in [6.45, 7) is 5.74. The molecule has 1 aromatic heterocycles. The van der Waals surface area contributed by atoms with Gasteiger partial charge in [0.2, 0.25) is 5.91 Å². The van der Waals surface area contributed by atoms with E-state index in [9.17, 15) is 9.59 Å². The van der Waals surface area contributed by atoms with Gasteiger partial charge in [-0.25, -0.2) is 10.3 Å². The monoisotopic (exact) mass is 492 g/mol. The number of nitrogens with zero attached hydrogens (tertiary/aromatic N) is 2. The highest BCUT2D eigenvalue weighted by molar-refractivity contribution is 5.92. The predicted octanol–water partition coefficient (Wildman–Crippen LogP) is 5.33. The molecule has 1 aliphatic heterocycles. The highest BCUT2D eigenvalue weighted by atomic mass is 16.5. The van der Waals surface area contributed by atoms with Gasteiger partial charge in [-0.1, -0.05) is 31.0 Å². The number of ether oxygens (including phenoxy) is 1. The maximum atomic E-state index is 13.6. The van der Waals surface area contributed by atoms with Crippen LogP contribution in [0.25, 0.3) is 22.0 Å². The number of hydroxylamine groups is 1. The number of rotatable bonds is 9. The molecule has 3 aromatic rings. The maximum absolute atomic E-state index is 13.6. The number of amides is 3. The zero-order valence-electron chi connectivity index (χ0n) is 21.1. The summed E-state index contributed by atoms with van der Waals surface area (Å²) in [7, 11) is 0. The lowest BCUT2D eigenvalue weighted by Gasteiger charge is -2.38. The first-order valence-corrected chi connectivity index (χ1v) is 12.8. The van der Waals surface area contributed by atoms with Gasteiger partial charge < -0.3 is 14.6 Å². The molecule has 36 heavy (non-hydrogen) atoms. The summed E-state index contributed by atoms with van der Waals surface area (Å²) in [5, 5.41) is 9.80. The average molecular weight is 493 g/mol. The van der Waals surface area contributed by atoms with Crippen LogP contribution in [0, 0.1) is 0 Å². The third-order valence-corrected chi connectivity index (χ3v) is 6.65. The molecular formula is C28H36N4O4. The van der Waals surface area contributed by atoms with E-state index in [1.54, 1.807) is 5.48 Å². The van der Waals surface area contributed by atoms with Crippen molar-refractivity contribution in [2.45, 2.75) is 58.2 Å². The predicted molar refractivity (Wildman–Crippen MR) is 141 cm³/mol. The molecule has 8 nitrogen and oxygen atoms in total. The molecular weight excluding hydrogens is 456 g/mol. The molecule has 8 heteroatoms. The molecule has 0 radical (unpaired) electrons.